The molecule has 3 rings (SSSR count). The van der Waals surface area contributed by atoms with E-state index < -0.39 is 0 Å². The predicted octanol–water partition coefficient (Wildman–Crippen LogP) is 4.13. The molecule has 6 nitrogen and oxygen atoms in total. The Bertz CT molecular complexity index is 759. The molecule has 1 saturated heterocycles. The van der Waals surface area contributed by atoms with E-state index in [0.717, 1.165) is 24.3 Å². The summed E-state index contributed by atoms with van der Waals surface area (Å²) in [6, 6.07) is 8.81. The fourth-order valence-electron chi connectivity index (χ4n) is 2.87. The van der Waals surface area contributed by atoms with Crippen LogP contribution in [-0.4, -0.2) is 42.2 Å². The van der Waals surface area contributed by atoms with E-state index in [2.05, 4.69) is 10.3 Å². The number of hydrogen-bond acceptors (Lipinski definition) is 4. The second kappa shape index (κ2) is 8.27. The van der Waals surface area contributed by atoms with Gasteiger partial charge >= 0.3 is 6.03 Å². The summed E-state index contributed by atoms with van der Waals surface area (Å²) in [6.07, 6.45) is 3.37. The van der Waals surface area contributed by atoms with Gasteiger partial charge in [-0.3, -0.25) is 4.98 Å². The number of carbonyl (C=O) groups is 1. The van der Waals surface area contributed by atoms with Gasteiger partial charge in [-0.15, -0.1) is 0 Å². The van der Waals surface area contributed by atoms with E-state index in [0.29, 0.717) is 29.5 Å². The first kappa shape index (κ1) is 18.3. The third kappa shape index (κ3) is 4.58. The molecule has 2 amide bonds. The second-order valence-electron chi connectivity index (χ2n) is 6.21. The van der Waals surface area contributed by atoms with Crippen LogP contribution in [0.1, 0.15) is 18.5 Å². The molecule has 0 radical (unpaired) electrons. The number of piperidine rings is 1. The first-order chi connectivity index (χ1) is 12.5. The number of likely N-dealkylation sites (tertiary alicyclic amines) is 1. The lowest BCUT2D eigenvalue weighted by molar-refractivity contribution is 0.115. The van der Waals surface area contributed by atoms with Gasteiger partial charge in [-0.2, -0.15) is 0 Å². The lowest BCUT2D eigenvalue weighted by Crippen LogP contribution is -2.43. The number of nitrogens with zero attached hydrogens (tertiary/aromatic N) is 2. The summed E-state index contributed by atoms with van der Waals surface area (Å²) < 4.78 is 11.2. The highest BCUT2D eigenvalue weighted by atomic mass is 35.5. The van der Waals surface area contributed by atoms with Crippen molar-refractivity contribution in [1.82, 2.24) is 9.88 Å². The molecule has 2 aromatic rings. The van der Waals surface area contributed by atoms with E-state index in [4.69, 9.17) is 21.1 Å². The molecule has 0 spiro atoms. The fraction of sp³-hybridized carbons (Fsp3) is 0.368. The molecule has 0 aliphatic carbocycles. The summed E-state index contributed by atoms with van der Waals surface area (Å²) >= 11 is 6.01. The van der Waals surface area contributed by atoms with E-state index in [1.807, 2.05) is 19.1 Å². The van der Waals surface area contributed by atoms with Crippen molar-refractivity contribution < 1.29 is 14.3 Å². The number of pyridine rings is 1. The number of hydrogen-bond donors (Lipinski definition) is 1. The minimum absolute atomic E-state index is 0.0873. The van der Waals surface area contributed by atoms with Crippen molar-refractivity contribution in [3.8, 4) is 11.5 Å². The van der Waals surface area contributed by atoms with Crippen LogP contribution in [0.2, 0.25) is 5.02 Å². The number of urea groups is 1. The number of methoxy groups -OCH3 is 1. The number of aryl methyl sites for hydroxylation is 1. The summed E-state index contributed by atoms with van der Waals surface area (Å²) in [4.78, 5) is 18.5. The fourth-order valence-corrected chi connectivity index (χ4v) is 3.04. The van der Waals surface area contributed by atoms with Gasteiger partial charge in [-0.1, -0.05) is 11.6 Å². The highest BCUT2D eigenvalue weighted by molar-refractivity contribution is 6.31. The maximum atomic E-state index is 12.5. The number of aromatic nitrogens is 1. The van der Waals surface area contributed by atoms with Crippen molar-refractivity contribution >= 4 is 23.3 Å². The molecular formula is C19H22ClN3O3. The van der Waals surface area contributed by atoms with E-state index in [1.165, 1.54) is 0 Å². The molecule has 0 bridgehead atoms. The Morgan fingerprint density at radius 3 is 2.69 bits per heavy atom. The summed E-state index contributed by atoms with van der Waals surface area (Å²) in [7, 11) is 1.56. The third-order valence-corrected chi connectivity index (χ3v) is 4.55. The van der Waals surface area contributed by atoms with Crippen LogP contribution in [0.15, 0.2) is 36.5 Å². The molecule has 26 heavy (non-hydrogen) atoms. The minimum Gasteiger partial charge on any atom is -0.495 e. The van der Waals surface area contributed by atoms with Crippen LogP contribution in [0.5, 0.6) is 11.5 Å². The van der Waals surface area contributed by atoms with E-state index in [9.17, 15) is 4.79 Å². The van der Waals surface area contributed by atoms with Gasteiger partial charge in [0.2, 0.25) is 0 Å². The molecule has 0 unspecified atom stereocenters. The van der Waals surface area contributed by atoms with Crippen molar-refractivity contribution in [3.05, 3.63) is 47.2 Å². The lowest BCUT2D eigenvalue weighted by atomic mass is 10.1. The van der Waals surface area contributed by atoms with Crippen molar-refractivity contribution in [1.29, 1.82) is 0 Å². The molecule has 2 heterocycles. The van der Waals surface area contributed by atoms with Gasteiger partial charge in [-0.05, 0) is 37.3 Å². The molecule has 1 aromatic heterocycles. The molecule has 7 heteroatoms. The monoisotopic (exact) mass is 375 g/mol. The quantitative estimate of drug-likeness (QED) is 0.872. The lowest BCUT2D eigenvalue weighted by Gasteiger charge is -2.32. The molecule has 1 aliphatic rings. The number of carbonyl (C=O) groups excluding carboxylic acids is 1. The molecule has 1 fully saturated rings. The van der Waals surface area contributed by atoms with Crippen molar-refractivity contribution in [2.75, 3.05) is 25.5 Å². The van der Waals surface area contributed by atoms with Crippen molar-refractivity contribution in [2.45, 2.75) is 25.9 Å². The number of halogens is 1. The zero-order valence-electron chi connectivity index (χ0n) is 14.9. The normalized spacial score (nSPS) is 14.8. The van der Waals surface area contributed by atoms with Gasteiger partial charge in [0.15, 0.2) is 0 Å². The van der Waals surface area contributed by atoms with E-state index in [1.54, 1.807) is 36.4 Å². The average molecular weight is 376 g/mol. The Morgan fingerprint density at radius 1 is 1.27 bits per heavy atom. The Morgan fingerprint density at radius 2 is 2.04 bits per heavy atom. The maximum absolute atomic E-state index is 12.5. The van der Waals surface area contributed by atoms with Crippen LogP contribution < -0.4 is 14.8 Å². The average Bonchev–Trinajstić information content (AvgIpc) is 2.64. The summed E-state index contributed by atoms with van der Waals surface area (Å²) in [5, 5.41) is 3.41. The maximum Gasteiger partial charge on any atom is 0.321 e. The SMILES string of the molecule is COc1ccc(Cl)cc1NC(=O)N1CCC(Oc2ccc(C)nc2)CC1. The number of nitrogens with one attached hydrogen (secondary N) is 1. The third-order valence-electron chi connectivity index (χ3n) is 4.32. The van der Waals surface area contributed by atoms with Gasteiger partial charge in [0.25, 0.3) is 0 Å². The Hall–Kier alpha value is -2.47. The smallest absolute Gasteiger partial charge is 0.321 e. The summed E-state index contributed by atoms with van der Waals surface area (Å²) in [5.41, 5.74) is 1.52. The van der Waals surface area contributed by atoms with Gasteiger partial charge in [0.05, 0.1) is 19.0 Å². The highest BCUT2D eigenvalue weighted by Crippen LogP contribution is 2.28. The molecule has 138 valence electrons. The van der Waals surface area contributed by atoms with Crippen LogP contribution in [-0.2, 0) is 0 Å². The van der Waals surface area contributed by atoms with Crippen LogP contribution in [0.25, 0.3) is 0 Å². The Kier molecular flexibility index (Phi) is 5.83. The standard InChI is InChI=1S/C19H22ClN3O3/c1-13-3-5-16(12-21-13)26-15-7-9-23(10-8-15)19(24)22-17-11-14(20)4-6-18(17)25-2/h3-6,11-12,15H,7-10H2,1-2H3,(H,22,24). The van der Waals surface area contributed by atoms with Gasteiger partial charge in [-0.25, -0.2) is 4.79 Å². The van der Waals surface area contributed by atoms with Gasteiger partial charge < -0.3 is 19.7 Å². The van der Waals surface area contributed by atoms with Gasteiger partial charge in [0, 0.05) is 36.6 Å². The van der Waals surface area contributed by atoms with Gasteiger partial charge in [0.1, 0.15) is 17.6 Å². The molecule has 0 atom stereocenters. The first-order valence-corrected chi connectivity index (χ1v) is 8.92. The topological polar surface area (TPSA) is 63.7 Å². The zero-order chi connectivity index (χ0) is 18.5. The summed E-state index contributed by atoms with van der Waals surface area (Å²) in [5.74, 6) is 1.34. The molecule has 1 aliphatic heterocycles. The van der Waals surface area contributed by atoms with Crippen LogP contribution >= 0.6 is 11.6 Å². The largest absolute Gasteiger partial charge is 0.495 e. The van der Waals surface area contributed by atoms with Crippen LogP contribution in [0.4, 0.5) is 10.5 Å². The minimum atomic E-state index is -0.166. The summed E-state index contributed by atoms with van der Waals surface area (Å²) in [6.45, 7) is 3.19. The molecule has 0 saturated carbocycles. The number of ether oxygens (including phenoxy) is 2. The van der Waals surface area contributed by atoms with E-state index >= 15 is 0 Å². The molecular weight excluding hydrogens is 354 g/mol. The predicted molar refractivity (Wildman–Crippen MR) is 101 cm³/mol. The first-order valence-electron chi connectivity index (χ1n) is 8.54. The van der Waals surface area contributed by atoms with Crippen LogP contribution in [0, 0.1) is 6.92 Å². The number of amides is 2. The number of anilines is 1. The highest BCUT2D eigenvalue weighted by Gasteiger charge is 2.24. The number of benzene rings is 1. The Labute approximate surface area is 158 Å². The van der Waals surface area contributed by atoms with E-state index in [-0.39, 0.29) is 12.1 Å². The molecule has 1 N–H and O–H groups in total. The second-order valence-corrected chi connectivity index (χ2v) is 6.65. The Balaban J connectivity index is 1.53. The van der Waals surface area contributed by atoms with Crippen LogP contribution in [0.3, 0.4) is 0 Å². The van der Waals surface area contributed by atoms with Crippen molar-refractivity contribution in [3.63, 3.8) is 0 Å². The van der Waals surface area contributed by atoms with Crippen molar-refractivity contribution in [2.24, 2.45) is 0 Å². The zero-order valence-corrected chi connectivity index (χ0v) is 15.6. The molecule has 1 aromatic carbocycles. The number of rotatable bonds is 4.